The topological polar surface area (TPSA) is 21.3 Å². The van der Waals surface area contributed by atoms with Crippen LogP contribution in [0, 0.1) is 11.8 Å². The van der Waals surface area contributed by atoms with Crippen LogP contribution in [0.25, 0.3) is 0 Å². The molecule has 5 heteroatoms. The summed E-state index contributed by atoms with van der Waals surface area (Å²) in [6, 6.07) is 0. The van der Waals surface area contributed by atoms with Gasteiger partial charge in [0.1, 0.15) is 0 Å². The monoisotopic (exact) mass is 253 g/mol. The van der Waals surface area contributed by atoms with Gasteiger partial charge in [0.05, 0.1) is 19.3 Å². The Balaban J connectivity index is 2.06. The van der Waals surface area contributed by atoms with E-state index in [1.54, 1.807) is 0 Å². The van der Waals surface area contributed by atoms with Crippen molar-refractivity contribution in [3.05, 3.63) is 0 Å². The summed E-state index contributed by atoms with van der Waals surface area (Å²) in [5.74, 6) is 1.32. The Morgan fingerprint density at radius 1 is 1.12 bits per heavy atom. The van der Waals surface area contributed by atoms with Gasteiger partial charge in [-0.15, -0.1) is 0 Å². The first-order valence-corrected chi connectivity index (χ1v) is 6.26. The molecule has 0 spiro atoms. The molecule has 0 aliphatic heterocycles. The number of rotatable bonds is 5. The molecule has 0 heterocycles. The van der Waals surface area contributed by atoms with Crippen molar-refractivity contribution in [3.8, 4) is 0 Å². The fourth-order valence-corrected chi connectivity index (χ4v) is 2.54. The Hall–Kier alpha value is -0.290. The van der Waals surface area contributed by atoms with E-state index in [0.717, 1.165) is 12.8 Å². The van der Waals surface area contributed by atoms with Gasteiger partial charge in [-0.3, -0.25) is 0 Å². The first-order chi connectivity index (χ1) is 7.87. The summed E-state index contributed by atoms with van der Waals surface area (Å²) in [6.07, 6.45) is -0.616. The number of halogens is 3. The molecule has 102 valence electrons. The van der Waals surface area contributed by atoms with Crippen LogP contribution >= 0.6 is 0 Å². The van der Waals surface area contributed by atoms with Crippen molar-refractivity contribution < 1.29 is 17.9 Å². The van der Waals surface area contributed by atoms with Gasteiger partial charge < -0.3 is 10.1 Å². The minimum atomic E-state index is -4.13. The van der Waals surface area contributed by atoms with Crippen LogP contribution in [0.5, 0.6) is 0 Å². The predicted molar refractivity (Wildman–Crippen MR) is 60.8 cm³/mol. The maximum atomic E-state index is 11.8. The average molecular weight is 253 g/mol. The van der Waals surface area contributed by atoms with Crippen molar-refractivity contribution in [1.82, 2.24) is 5.32 Å². The average Bonchev–Trinajstić information content (AvgIpc) is 2.13. The standard InChI is InChI=1S/C12H22F3NO/c1-9-5-10(2)7-11(6-9)17-4-3-16-8-12(13,14)15/h9-11,16H,3-8H2,1-2H3. The molecular weight excluding hydrogens is 231 g/mol. The molecular formula is C12H22F3NO. The van der Waals surface area contributed by atoms with E-state index in [9.17, 15) is 13.2 Å². The van der Waals surface area contributed by atoms with E-state index in [1.807, 2.05) is 0 Å². The third-order valence-electron chi connectivity index (χ3n) is 3.09. The zero-order valence-electron chi connectivity index (χ0n) is 10.5. The molecule has 0 aromatic carbocycles. The van der Waals surface area contributed by atoms with Crippen LogP contribution in [0.2, 0.25) is 0 Å². The molecule has 0 aromatic heterocycles. The highest BCUT2D eigenvalue weighted by atomic mass is 19.4. The van der Waals surface area contributed by atoms with Gasteiger partial charge >= 0.3 is 6.18 Å². The number of hydrogen-bond acceptors (Lipinski definition) is 2. The van der Waals surface area contributed by atoms with Crippen LogP contribution in [-0.2, 0) is 4.74 Å². The summed E-state index contributed by atoms with van der Waals surface area (Å²) in [7, 11) is 0. The van der Waals surface area contributed by atoms with Crippen LogP contribution in [0.3, 0.4) is 0 Å². The third-order valence-corrected chi connectivity index (χ3v) is 3.09. The van der Waals surface area contributed by atoms with Gasteiger partial charge in [0.25, 0.3) is 0 Å². The lowest BCUT2D eigenvalue weighted by Gasteiger charge is -2.31. The molecule has 1 aliphatic carbocycles. The SMILES string of the molecule is CC1CC(C)CC(OCCNCC(F)(F)F)C1. The van der Waals surface area contributed by atoms with Crippen molar-refractivity contribution in [2.24, 2.45) is 11.8 Å². The predicted octanol–water partition coefficient (Wildman–Crippen LogP) is 2.98. The maximum Gasteiger partial charge on any atom is 0.401 e. The molecule has 1 fully saturated rings. The second-order valence-corrected chi connectivity index (χ2v) is 5.20. The molecule has 2 nitrogen and oxygen atoms in total. The van der Waals surface area contributed by atoms with Crippen LogP contribution in [0.4, 0.5) is 13.2 Å². The fourth-order valence-electron chi connectivity index (χ4n) is 2.54. The van der Waals surface area contributed by atoms with E-state index >= 15 is 0 Å². The first-order valence-electron chi connectivity index (χ1n) is 6.26. The lowest BCUT2D eigenvalue weighted by molar-refractivity contribution is -0.125. The van der Waals surface area contributed by atoms with Crippen molar-refractivity contribution in [2.45, 2.75) is 45.4 Å². The molecule has 1 N–H and O–H groups in total. The molecule has 0 bridgehead atoms. The molecule has 1 rings (SSSR count). The van der Waals surface area contributed by atoms with E-state index < -0.39 is 12.7 Å². The summed E-state index contributed by atoms with van der Waals surface area (Å²) >= 11 is 0. The molecule has 17 heavy (non-hydrogen) atoms. The van der Waals surface area contributed by atoms with Crippen molar-refractivity contribution in [3.63, 3.8) is 0 Å². The number of ether oxygens (including phenoxy) is 1. The zero-order valence-corrected chi connectivity index (χ0v) is 10.5. The maximum absolute atomic E-state index is 11.8. The number of nitrogens with one attached hydrogen (secondary N) is 1. The lowest BCUT2D eigenvalue weighted by Crippen LogP contribution is -2.33. The molecule has 0 aromatic rings. The van der Waals surface area contributed by atoms with E-state index in [0.29, 0.717) is 18.4 Å². The Kier molecular flexibility index (Phi) is 5.73. The summed E-state index contributed by atoms with van der Waals surface area (Å²) < 4.78 is 41.1. The molecule has 0 radical (unpaired) electrons. The quantitative estimate of drug-likeness (QED) is 0.761. The lowest BCUT2D eigenvalue weighted by atomic mass is 9.82. The Morgan fingerprint density at radius 3 is 2.24 bits per heavy atom. The van der Waals surface area contributed by atoms with Crippen LogP contribution < -0.4 is 5.32 Å². The molecule has 2 unspecified atom stereocenters. The van der Waals surface area contributed by atoms with Crippen LogP contribution in [-0.4, -0.2) is 32.0 Å². The highest BCUT2D eigenvalue weighted by molar-refractivity contribution is 4.75. The van der Waals surface area contributed by atoms with Crippen LogP contribution in [0.15, 0.2) is 0 Å². The molecule has 1 aliphatic rings. The highest BCUT2D eigenvalue weighted by Crippen LogP contribution is 2.30. The van der Waals surface area contributed by atoms with Crippen LogP contribution in [0.1, 0.15) is 33.1 Å². The van der Waals surface area contributed by atoms with Gasteiger partial charge in [0.15, 0.2) is 0 Å². The van der Waals surface area contributed by atoms with Crippen molar-refractivity contribution >= 4 is 0 Å². The van der Waals surface area contributed by atoms with Crippen molar-refractivity contribution in [2.75, 3.05) is 19.7 Å². The third kappa shape index (κ3) is 6.88. The second-order valence-electron chi connectivity index (χ2n) is 5.20. The summed E-state index contributed by atoms with van der Waals surface area (Å²) in [6.45, 7) is 4.09. The molecule has 0 amide bonds. The van der Waals surface area contributed by atoms with E-state index in [4.69, 9.17) is 4.74 Å². The Labute approximate surface area is 101 Å². The van der Waals surface area contributed by atoms with E-state index in [-0.39, 0.29) is 12.6 Å². The van der Waals surface area contributed by atoms with Gasteiger partial charge in [-0.2, -0.15) is 13.2 Å². The van der Waals surface area contributed by atoms with E-state index in [1.165, 1.54) is 6.42 Å². The zero-order chi connectivity index (χ0) is 12.9. The van der Waals surface area contributed by atoms with Crippen molar-refractivity contribution in [1.29, 1.82) is 0 Å². The summed E-state index contributed by atoms with van der Waals surface area (Å²) in [5.41, 5.74) is 0. The smallest absolute Gasteiger partial charge is 0.377 e. The Morgan fingerprint density at radius 2 is 1.71 bits per heavy atom. The normalized spacial score (nSPS) is 30.5. The largest absolute Gasteiger partial charge is 0.401 e. The molecule has 2 atom stereocenters. The van der Waals surface area contributed by atoms with Gasteiger partial charge in [-0.1, -0.05) is 13.8 Å². The fraction of sp³-hybridized carbons (Fsp3) is 1.00. The minimum absolute atomic E-state index is 0.224. The number of alkyl halides is 3. The highest BCUT2D eigenvalue weighted by Gasteiger charge is 2.26. The van der Waals surface area contributed by atoms with Gasteiger partial charge in [0.2, 0.25) is 0 Å². The van der Waals surface area contributed by atoms with Gasteiger partial charge in [0, 0.05) is 6.54 Å². The first kappa shape index (κ1) is 14.8. The summed E-state index contributed by atoms with van der Waals surface area (Å²) in [4.78, 5) is 0. The van der Waals surface area contributed by atoms with Gasteiger partial charge in [-0.25, -0.2) is 0 Å². The number of hydrogen-bond donors (Lipinski definition) is 1. The Bertz CT molecular complexity index is 210. The molecule has 0 saturated heterocycles. The molecule has 1 saturated carbocycles. The van der Waals surface area contributed by atoms with Gasteiger partial charge in [-0.05, 0) is 31.1 Å². The second kappa shape index (κ2) is 6.59. The van der Waals surface area contributed by atoms with E-state index in [2.05, 4.69) is 19.2 Å². The summed E-state index contributed by atoms with van der Waals surface area (Å²) in [5, 5.41) is 2.34. The minimum Gasteiger partial charge on any atom is -0.377 e.